The van der Waals surface area contributed by atoms with Crippen LogP contribution in [0.25, 0.3) is 28.0 Å². The maximum absolute atomic E-state index is 11.9. The normalized spacial score (nSPS) is 13.4. The van der Waals surface area contributed by atoms with Crippen LogP contribution in [0.2, 0.25) is 0 Å². The van der Waals surface area contributed by atoms with E-state index in [0.29, 0.717) is 28.5 Å². The lowest BCUT2D eigenvalue weighted by molar-refractivity contribution is 1.04. The summed E-state index contributed by atoms with van der Waals surface area (Å²) >= 11 is 0. The number of fused-ring (bicyclic) bond motifs is 1. The molecule has 0 bridgehead atoms. The molecular formula is C25H21N7O. The summed E-state index contributed by atoms with van der Waals surface area (Å²) in [6.07, 6.45) is 9.64. The van der Waals surface area contributed by atoms with Crippen molar-refractivity contribution in [2.24, 2.45) is 0 Å². The number of H-pyrrole nitrogens is 1. The van der Waals surface area contributed by atoms with Gasteiger partial charge in [-0.1, -0.05) is 0 Å². The molecule has 1 saturated carbocycles. The zero-order chi connectivity index (χ0) is 22.4. The molecule has 0 radical (unpaired) electrons. The molecule has 0 aliphatic heterocycles. The van der Waals surface area contributed by atoms with E-state index in [2.05, 4.69) is 60.1 Å². The highest BCUT2D eigenvalue weighted by Crippen LogP contribution is 2.39. The summed E-state index contributed by atoms with van der Waals surface area (Å²) < 4.78 is 2.09. The Bertz CT molecular complexity index is 1550. The zero-order valence-electron chi connectivity index (χ0n) is 18.0. The molecule has 33 heavy (non-hydrogen) atoms. The molecule has 8 heteroatoms. The summed E-state index contributed by atoms with van der Waals surface area (Å²) in [5.41, 5.74) is 5.60. The summed E-state index contributed by atoms with van der Waals surface area (Å²) in [7, 11) is 0. The number of aromatic amines is 1. The Morgan fingerprint density at radius 3 is 2.82 bits per heavy atom. The van der Waals surface area contributed by atoms with Crippen LogP contribution >= 0.6 is 0 Å². The first kappa shape index (κ1) is 19.4. The van der Waals surface area contributed by atoms with Gasteiger partial charge in [-0.3, -0.25) is 4.79 Å². The summed E-state index contributed by atoms with van der Waals surface area (Å²) in [5, 5.41) is 3.83. The van der Waals surface area contributed by atoms with E-state index in [4.69, 9.17) is 0 Å². The average molecular weight is 435 g/mol. The molecule has 3 heterocycles. The average Bonchev–Trinajstić information content (AvgIpc) is 3.56. The lowest BCUT2D eigenvalue weighted by Crippen LogP contribution is -2.06. The van der Waals surface area contributed by atoms with Crippen LogP contribution in [-0.4, -0.2) is 29.5 Å². The van der Waals surface area contributed by atoms with E-state index in [1.165, 1.54) is 24.9 Å². The van der Waals surface area contributed by atoms with Crippen LogP contribution in [0.1, 0.15) is 30.0 Å². The third kappa shape index (κ3) is 3.76. The quantitative estimate of drug-likeness (QED) is 0.422. The first-order chi connectivity index (χ1) is 16.1. The predicted octanol–water partition coefficient (Wildman–Crippen LogP) is 4.50. The molecule has 0 saturated heterocycles. The van der Waals surface area contributed by atoms with Gasteiger partial charge >= 0.3 is 0 Å². The van der Waals surface area contributed by atoms with Gasteiger partial charge in [0.1, 0.15) is 5.82 Å². The first-order valence-electron chi connectivity index (χ1n) is 10.9. The summed E-state index contributed by atoms with van der Waals surface area (Å²) in [6.45, 7) is 2.08. The van der Waals surface area contributed by atoms with E-state index in [-0.39, 0.29) is 5.56 Å². The molecule has 0 spiro atoms. The number of hydrogen-bond donors (Lipinski definition) is 2. The molecule has 5 aromatic rings. The van der Waals surface area contributed by atoms with Crippen LogP contribution < -0.4 is 10.9 Å². The molecule has 0 amide bonds. The fourth-order valence-corrected chi connectivity index (χ4v) is 4.01. The second-order valence-electron chi connectivity index (χ2n) is 8.34. The molecule has 1 aliphatic carbocycles. The van der Waals surface area contributed by atoms with Crippen molar-refractivity contribution in [3.63, 3.8) is 0 Å². The molecule has 2 N–H and O–H groups in total. The van der Waals surface area contributed by atoms with Crippen molar-refractivity contribution in [2.45, 2.75) is 25.7 Å². The number of nitrogens with one attached hydrogen (secondary N) is 2. The number of aryl methyl sites for hydroxylation is 1. The molecular weight excluding hydrogens is 414 g/mol. The van der Waals surface area contributed by atoms with E-state index in [9.17, 15) is 4.79 Å². The fraction of sp³-hybridized carbons (Fsp3) is 0.160. The van der Waals surface area contributed by atoms with E-state index in [1.807, 2.05) is 30.6 Å². The van der Waals surface area contributed by atoms with Gasteiger partial charge in [0.2, 0.25) is 0 Å². The van der Waals surface area contributed by atoms with Crippen LogP contribution in [-0.2, 0) is 0 Å². The molecule has 6 rings (SSSR count). The Morgan fingerprint density at radius 1 is 1.06 bits per heavy atom. The minimum Gasteiger partial charge on any atom is -0.340 e. The van der Waals surface area contributed by atoms with Crippen LogP contribution in [0.5, 0.6) is 0 Å². The smallest absolute Gasteiger partial charge is 0.258 e. The number of benzene rings is 2. The van der Waals surface area contributed by atoms with Gasteiger partial charge in [-0.25, -0.2) is 19.9 Å². The molecule has 0 unspecified atom stereocenters. The minimum absolute atomic E-state index is 0.158. The van der Waals surface area contributed by atoms with Gasteiger partial charge in [-0.05, 0) is 67.8 Å². The molecule has 2 aromatic carbocycles. The number of anilines is 2. The van der Waals surface area contributed by atoms with Crippen molar-refractivity contribution in [1.82, 2.24) is 29.5 Å². The lowest BCUT2D eigenvalue weighted by Gasteiger charge is -2.10. The van der Waals surface area contributed by atoms with Crippen molar-refractivity contribution in [2.75, 3.05) is 5.32 Å². The second kappa shape index (κ2) is 7.67. The maximum Gasteiger partial charge on any atom is 0.258 e. The molecule has 0 atom stereocenters. The van der Waals surface area contributed by atoms with Gasteiger partial charge < -0.3 is 14.9 Å². The number of nitrogens with zero attached hydrogens (tertiary/aromatic N) is 5. The standard InChI is InChI=1S/C25H21N7O/c1-15-10-17(4-7-22(15)32-12-21(29-14-32)16-2-3-16)24-26-9-8-23(31-24)30-18-5-6-19-20(11-18)27-13-28-25(19)33/h4-14,16H,2-3H2,1H3,(H,26,30,31)(H,27,28,33). The van der Waals surface area contributed by atoms with Gasteiger partial charge in [-0.15, -0.1) is 0 Å². The number of imidazole rings is 1. The van der Waals surface area contributed by atoms with Crippen molar-refractivity contribution >= 4 is 22.4 Å². The Morgan fingerprint density at radius 2 is 1.97 bits per heavy atom. The number of rotatable bonds is 5. The zero-order valence-corrected chi connectivity index (χ0v) is 18.0. The van der Waals surface area contributed by atoms with Gasteiger partial charge in [-0.2, -0.15) is 0 Å². The van der Waals surface area contributed by atoms with Crippen molar-refractivity contribution < 1.29 is 0 Å². The van der Waals surface area contributed by atoms with Crippen LogP contribution in [0.4, 0.5) is 11.5 Å². The summed E-state index contributed by atoms with van der Waals surface area (Å²) in [6, 6.07) is 13.4. The van der Waals surface area contributed by atoms with Gasteiger partial charge in [0, 0.05) is 35.2 Å². The fourth-order valence-electron chi connectivity index (χ4n) is 4.01. The van der Waals surface area contributed by atoms with Crippen molar-refractivity contribution in [3.8, 4) is 17.1 Å². The van der Waals surface area contributed by atoms with E-state index < -0.39 is 0 Å². The second-order valence-corrected chi connectivity index (χ2v) is 8.34. The Kier molecular flexibility index (Phi) is 4.50. The van der Waals surface area contributed by atoms with E-state index in [1.54, 1.807) is 12.3 Å². The van der Waals surface area contributed by atoms with E-state index >= 15 is 0 Å². The topological polar surface area (TPSA) is 101 Å². The Labute approximate surface area is 189 Å². The van der Waals surface area contributed by atoms with Gasteiger partial charge in [0.05, 0.1) is 29.3 Å². The van der Waals surface area contributed by atoms with Gasteiger partial charge in [0.25, 0.3) is 5.56 Å². The largest absolute Gasteiger partial charge is 0.340 e. The monoisotopic (exact) mass is 435 g/mol. The third-order valence-corrected chi connectivity index (χ3v) is 5.90. The minimum atomic E-state index is -0.158. The summed E-state index contributed by atoms with van der Waals surface area (Å²) in [4.78, 5) is 32.4. The van der Waals surface area contributed by atoms with Crippen LogP contribution in [0.3, 0.4) is 0 Å². The van der Waals surface area contributed by atoms with Crippen molar-refractivity contribution in [3.05, 3.63) is 89.1 Å². The predicted molar refractivity (Wildman–Crippen MR) is 127 cm³/mol. The van der Waals surface area contributed by atoms with Crippen molar-refractivity contribution in [1.29, 1.82) is 0 Å². The summed E-state index contributed by atoms with van der Waals surface area (Å²) in [5.74, 6) is 1.93. The molecule has 1 fully saturated rings. The molecule has 3 aromatic heterocycles. The molecule has 1 aliphatic rings. The number of hydrogen-bond acceptors (Lipinski definition) is 6. The van der Waals surface area contributed by atoms with E-state index in [0.717, 1.165) is 22.5 Å². The Hall–Kier alpha value is -4.33. The van der Waals surface area contributed by atoms with Crippen LogP contribution in [0, 0.1) is 6.92 Å². The lowest BCUT2D eigenvalue weighted by atomic mass is 10.1. The highest BCUT2D eigenvalue weighted by atomic mass is 16.1. The maximum atomic E-state index is 11.9. The molecule has 162 valence electrons. The highest BCUT2D eigenvalue weighted by molar-refractivity contribution is 5.82. The number of aromatic nitrogens is 6. The van der Waals surface area contributed by atoms with Crippen LogP contribution in [0.15, 0.2) is 72.3 Å². The highest BCUT2D eigenvalue weighted by Gasteiger charge is 2.25. The first-order valence-corrected chi connectivity index (χ1v) is 10.9. The van der Waals surface area contributed by atoms with Gasteiger partial charge in [0.15, 0.2) is 5.82 Å². The Balaban J connectivity index is 1.27. The third-order valence-electron chi connectivity index (χ3n) is 5.90. The SMILES string of the molecule is Cc1cc(-c2nccc(Nc3ccc4c(=O)[nH]cnc4c3)n2)ccc1-n1cnc(C2CC2)c1. The molecule has 8 nitrogen and oxygen atoms in total.